The molecule has 0 saturated heterocycles. The molecule has 1 rings (SSSR count). The summed E-state index contributed by atoms with van der Waals surface area (Å²) in [5.74, 6) is -0.112. The molecule has 0 spiro atoms. The Morgan fingerprint density at radius 3 is 1.74 bits per heavy atom. The monoisotopic (exact) mass is 340 g/mol. The van der Waals surface area contributed by atoms with Gasteiger partial charge >= 0.3 is 12.4 Å². The van der Waals surface area contributed by atoms with Gasteiger partial charge in [0.05, 0.1) is 0 Å². The van der Waals surface area contributed by atoms with E-state index in [0.29, 0.717) is 24.1 Å². The van der Waals surface area contributed by atoms with E-state index in [2.05, 4.69) is 0 Å². The van der Waals surface area contributed by atoms with Gasteiger partial charge in [0.1, 0.15) is 0 Å². The first-order valence-electron chi connectivity index (χ1n) is 6.95. The van der Waals surface area contributed by atoms with Gasteiger partial charge in [-0.3, -0.25) is 0 Å². The molecule has 1 nitrogen and oxygen atoms in total. The van der Waals surface area contributed by atoms with Crippen molar-refractivity contribution in [1.29, 1.82) is 0 Å². The molecule has 0 aliphatic carbocycles. The fourth-order valence-corrected chi connectivity index (χ4v) is 2.31. The SMILES string of the molecule is CCC(C=C(C)C)c1ccc(C(O)(C(F)(F)F)C(F)(F)F)cc1. The molecule has 130 valence electrons. The number of rotatable bonds is 4. The summed E-state index contributed by atoms with van der Waals surface area (Å²) < 4.78 is 76.8. The van der Waals surface area contributed by atoms with E-state index in [0.717, 1.165) is 5.57 Å². The Morgan fingerprint density at radius 1 is 1.00 bits per heavy atom. The molecular weight excluding hydrogens is 322 g/mol. The molecule has 0 amide bonds. The number of halogens is 6. The van der Waals surface area contributed by atoms with Crippen LogP contribution in [0.15, 0.2) is 35.9 Å². The molecule has 23 heavy (non-hydrogen) atoms. The van der Waals surface area contributed by atoms with Gasteiger partial charge in [0.15, 0.2) is 0 Å². The number of alkyl halides is 6. The second-order valence-electron chi connectivity index (χ2n) is 5.59. The van der Waals surface area contributed by atoms with Crippen LogP contribution in [0.3, 0.4) is 0 Å². The first-order chi connectivity index (χ1) is 10.3. The summed E-state index contributed by atoms with van der Waals surface area (Å²) in [5, 5.41) is 9.33. The molecule has 0 aromatic heterocycles. The molecule has 1 aromatic carbocycles. The Kier molecular flexibility index (Phi) is 5.57. The second kappa shape index (κ2) is 6.55. The van der Waals surface area contributed by atoms with E-state index in [4.69, 9.17) is 0 Å². The van der Waals surface area contributed by atoms with Gasteiger partial charge in [0, 0.05) is 11.5 Å². The van der Waals surface area contributed by atoms with Crippen molar-refractivity contribution >= 4 is 0 Å². The zero-order chi connectivity index (χ0) is 18.1. The van der Waals surface area contributed by atoms with Crippen LogP contribution in [0, 0.1) is 0 Å². The third-order valence-electron chi connectivity index (χ3n) is 3.55. The average molecular weight is 340 g/mol. The molecule has 0 saturated carbocycles. The first-order valence-corrected chi connectivity index (χ1v) is 6.95. The average Bonchev–Trinajstić information content (AvgIpc) is 2.41. The number of aliphatic hydroxyl groups is 1. The van der Waals surface area contributed by atoms with Gasteiger partial charge < -0.3 is 5.11 Å². The van der Waals surface area contributed by atoms with Gasteiger partial charge in [-0.2, -0.15) is 26.3 Å². The predicted octanol–water partition coefficient (Wildman–Crippen LogP) is 5.46. The van der Waals surface area contributed by atoms with Crippen molar-refractivity contribution in [3.05, 3.63) is 47.0 Å². The largest absolute Gasteiger partial charge is 0.430 e. The van der Waals surface area contributed by atoms with Gasteiger partial charge in [0.25, 0.3) is 5.60 Å². The van der Waals surface area contributed by atoms with Crippen LogP contribution in [-0.2, 0) is 5.60 Å². The van der Waals surface area contributed by atoms with E-state index < -0.39 is 23.5 Å². The third-order valence-corrected chi connectivity index (χ3v) is 3.55. The van der Waals surface area contributed by atoms with Gasteiger partial charge in [0.2, 0.25) is 0 Å². The summed E-state index contributed by atoms with van der Waals surface area (Å²) in [4.78, 5) is 0. The molecule has 7 heteroatoms. The summed E-state index contributed by atoms with van der Waals surface area (Å²) in [6, 6.07) is 3.73. The van der Waals surface area contributed by atoms with Crippen molar-refractivity contribution in [2.45, 2.75) is 51.1 Å². The predicted molar refractivity (Wildman–Crippen MR) is 74.9 cm³/mol. The van der Waals surface area contributed by atoms with Crippen LogP contribution in [-0.4, -0.2) is 17.5 Å². The lowest BCUT2D eigenvalue weighted by Gasteiger charge is -2.32. The molecule has 0 bridgehead atoms. The van der Waals surface area contributed by atoms with Crippen molar-refractivity contribution in [3.8, 4) is 0 Å². The molecule has 0 radical (unpaired) electrons. The summed E-state index contributed by atoms with van der Waals surface area (Å²) in [5.41, 5.74) is -4.54. The normalized spacial score (nSPS) is 14.5. The smallest absolute Gasteiger partial charge is 0.369 e. The van der Waals surface area contributed by atoms with Crippen molar-refractivity contribution in [2.24, 2.45) is 0 Å². The fraction of sp³-hybridized carbons (Fsp3) is 0.500. The van der Waals surface area contributed by atoms with E-state index in [1.165, 1.54) is 12.1 Å². The van der Waals surface area contributed by atoms with E-state index in [1.54, 1.807) is 0 Å². The molecule has 1 unspecified atom stereocenters. The molecule has 0 fully saturated rings. The summed E-state index contributed by atoms with van der Waals surface area (Å²) in [6.45, 7) is 5.56. The number of allylic oxidation sites excluding steroid dienone is 2. The number of hydrogen-bond donors (Lipinski definition) is 1. The third kappa shape index (κ3) is 3.88. The second-order valence-corrected chi connectivity index (χ2v) is 5.59. The van der Waals surface area contributed by atoms with Gasteiger partial charge in [-0.05, 0) is 25.8 Å². The van der Waals surface area contributed by atoms with Crippen molar-refractivity contribution < 1.29 is 31.4 Å². The summed E-state index contributed by atoms with van der Waals surface area (Å²) in [6.07, 6.45) is -9.20. The van der Waals surface area contributed by atoms with E-state index in [-0.39, 0.29) is 5.92 Å². The number of hydrogen-bond acceptors (Lipinski definition) is 1. The van der Waals surface area contributed by atoms with E-state index in [1.807, 2.05) is 26.8 Å². The zero-order valence-electron chi connectivity index (χ0n) is 12.9. The maximum atomic E-state index is 12.8. The lowest BCUT2D eigenvalue weighted by Crippen LogP contribution is -2.53. The highest BCUT2D eigenvalue weighted by atomic mass is 19.4. The van der Waals surface area contributed by atoms with Crippen LogP contribution in [0.1, 0.15) is 44.2 Å². The Labute approximate surface area is 130 Å². The first kappa shape index (κ1) is 19.5. The van der Waals surface area contributed by atoms with Gasteiger partial charge in [-0.1, -0.05) is 42.8 Å². The summed E-state index contributed by atoms with van der Waals surface area (Å²) in [7, 11) is 0. The van der Waals surface area contributed by atoms with Crippen LogP contribution in [0.25, 0.3) is 0 Å². The molecule has 1 N–H and O–H groups in total. The Balaban J connectivity index is 3.33. The van der Waals surface area contributed by atoms with Crippen LogP contribution in [0.4, 0.5) is 26.3 Å². The lowest BCUT2D eigenvalue weighted by atomic mass is 9.88. The molecule has 0 heterocycles. The minimum atomic E-state index is -5.86. The molecule has 1 aromatic rings. The maximum Gasteiger partial charge on any atom is 0.430 e. The van der Waals surface area contributed by atoms with Crippen LogP contribution < -0.4 is 0 Å². The van der Waals surface area contributed by atoms with Crippen molar-refractivity contribution in [2.75, 3.05) is 0 Å². The highest BCUT2D eigenvalue weighted by Gasteiger charge is 2.71. The van der Waals surface area contributed by atoms with Crippen LogP contribution in [0.2, 0.25) is 0 Å². The molecule has 0 aliphatic heterocycles. The van der Waals surface area contributed by atoms with Crippen LogP contribution in [0.5, 0.6) is 0 Å². The van der Waals surface area contributed by atoms with Gasteiger partial charge in [-0.25, -0.2) is 0 Å². The minimum absolute atomic E-state index is 0.112. The Bertz CT molecular complexity index is 535. The van der Waals surface area contributed by atoms with E-state index in [9.17, 15) is 31.4 Å². The fourth-order valence-electron chi connectivity index (χ4n) is 2.31. The highest BCUT2D eigenvalue weighted by molar-refractivity contribution is 5.33. The Morgan fingerprint density at radius 2 is 1.43 bits per heavy atom. The molecule has 0 aliphatic rings. The zero-order valence-corrected chi connectivity index (χ0v) is 12.9. The molecule has 1 atom stereocenters. The van der Waals surface area contributed by atoms with E-state index >= 15 is 0 Å². The maximum absolute atomic E-state index is 12.8. The Hall–Kier alpha value is -1.50. The van der Waals surface area contributed by atoms with Crippen LogP contribution >= 0.6 is 0 Å². The van der Waals surface area contributed by atoms with Gasteiger partial charge in [-0.15, -0.1) is 0 Å². The number of benzene rings is 1. The standard InChI is InChI=1S/C16H18F6O/c1-4-11(9-10(2)3)12-5-7-13(8-6-12)14(23,15(17,18)19)16(20,21)22/h5-9,11,23H,4H2,1-3H3. The summed E-state index contributed by atoms with van der Waals surface area (Å²) >= 11 is 0. The topological polar surface area (TPSA) is 20.2 Å². The minimum Gasteiger partial charge on any atom is -0.369 e. The lowest BCUT2D eigenvalue weighted by molar-refractivity contribution is -0.376. The highest BCUT2D eigenvalue weighted by Crippen LogP contribution is 2.50. The molecular formula is C16H18F6O. The van der Waals surface area contributed by atoms with Crippen molar-refractivity contribution in [1.82, 2.24) is 0 Å². The van der Waals surface area contributed by atoms with Crippen molar-refractivity contribution in [3.63, 3.8) is 0 Å². The quantitative estimate of drug-likeness (QED) is 0.570.